The minimum Gasteiger partial charge on any atom is -0.506 e. The predicted molar refractivity (Wildman–Crippen MR) is 64.1 cm³/mol. The summed E-state index contributed by atoms with van der Waals surface area (Å²) in [6.07, 6.45) is 1.33. The first kappa shape index (κ1) is 11.2. The van der Waals surface area contributed by atoms with Crippen LogP contribution in [0, 0.1) is 0 Å². The third-order valence-electron chi connectivity index (χ3n) is 2.44. The zero-order valence-corrected chi connectivity index (χ0v) is 9.21. The Bertz CT molecular complexity index is 569. The summed E-state index contributed by atoms with van der Waals surface area (Å²) in [6.45, 7) is 1.56. The van der Waals surface area contributed by atoms with Crippen LogP contribution in [0.5, 0.6) is 5.75 Å². The number of nitrogens with zero attached hydrogens (tertiary/aromatic N) is 1. The van der Waals surface area contributed by atoms with E-state index in [1.165, 1.54) is 6.20 Å². The molecule has 0 spiro atoms. The zero-order chi connectivity index (χ0) is 12.4. The van der Waals surface area contributed by atoms with Gasteiger partial charge in [-0.05, 0) is 19.1 Å². The van der Waals surface area contributed by atoms with Crippen LogP contribution in [0.15, 0.2) is 30.5 Å². The van der Waals surface area contributed by atoms with E-state index in [9.17, 15) is 9.90 Å². The van der Waals surface area contributed by atoms with Crippen molar-refractivity contribution in [3.63, 3.8) is 0 Å². The van der Waals surface area contributed by atoms with E-state index in [-0.39, 0.29) is 5.75 Å². The lowest BCUT2D eigenvalue weighted by molar-refractivity contribution is -0.137. The van der Waals surface area contributed by atoms with Crippen molar-refractivity contribution in [1.82, 2.24) is 4.98 Å². The normalized spacial score (nSPS) is 12.3. The van der Waals surface area contributed by atoms with Gasteiger partial charge in [0.2, 0.25) is 0 Å². The molecule has 0 fully saturated rings. The van der Waals surface area contributed by atoms with E-state index >= 15 is 0 Å². The Morgan fingerprint density at radius 1 is 1.47 bits per heavy atom. The smallest absolute Gasteiger partial charge is 0.325 e. The van der Waals surface area contributed by atoms with Crippen molar-refractivity contribution in [2.24, 2.45) is 0 Å². The molecular formula is C12H12N2O3. The van der Waals surface area contributed by atoms with E-state index in [4.69, 9.17) is 5.11 Å². The second-order valence-corrected chi connectivity index (χ2v) is 3.78. The van der Waals surface area contributed by atoms with Crippen LogP contribution in [-0.4, -0.2) is 27.2 Å². The lowest BCUT2D eigenvalue weighted by atomic mass is 10.1. The summed E-state index contributed by atoms with van der Waals surface area (Å²) in [5.41, 5.74) is 1.27. The van der Waals surface area contributed by atoms with E-state index in [0.29, 0.717) is 11.2 Å². The molecule has 1 unspecified atom stereocenters. The molecule has 0 saturated heterocycles. The Hall–Kier alpha value is -2.30. The van der Waals surface area contributed by atoms with Gasteiger partial charge in [-0.1, -0.05) is 12.1 Å². The number of rotatable bonds is 3. The summed E-state index contributed by atoms with van der Waals surface area (Å²) in [5, 5.41) is 21.8. The molecule has 1 heterocycles. The summed E-state index contributed by atoms with van der Waals surface area (Å²) in [4.78, 5) is 14.9. The Balaban J connectivity index is 2.44. The Morgan fingerprint density at radius 3 is 2.94 bits per heavy atom. The average molecular weight is 232 g/mol. The fourth-order valence-corrected chi connectivity index (χ4v) is 1.56. The number of benzene rings is 1. The van der Waals surface area contributed by atoms with Gasteiger partial charge in [-0.2, -0.15) is 0 Å². The van der Waals surface area contributed by atoms with E-state index < -0.39 is 12.0 Å². The van der Waals surface area contributed by atoms with Crippen LogP contribution in [0.2, 0.25) is 0 Å². The summed E-state index contributed by atoms with van der Waals surface area (Å²) < 4.78 is 0. The van der Waals surface area contributed by atoms with Gasteiger partial charge in [0.1, 0.15) is 11.8 Å². The molecule has 0 amide bonds. The molecule has 5 nitrogen and oxygen atoms in total. The minimum atomic E-state index is -0.930. The highest BCUT2D eigenvalue weighted by molar-refractivity contribution is 5.92. The Labute approximate surface area is 97.7 Å². The predicted octanol–water partition coefficient (Wildman–Crippen LogP) is 1.83. The first-order valence-corrected chi connectivity index (χ1v) is 5.15. The minimum absolute atomic E-state index is 0.0842. The maximum absolute atomic E-state index is 10.8. The van der Waals surface area contributed by atoms with Crippen molar-refractivity contribution in [2.75, 3.05) is 5.32 Å². The van der Waals surface area contributed by atoms with Crippen LogP contribution in [0.4, 0.5) is 5.69 Å². The van der Waals surface area contributed by atoms with Crippen LogP contribution in [0.25, 0.3) is 10.9 Å². The molecule has 0 saturated carbocycles. The molecule has 2 rings (SSSR count). The number of hydrogen-bond donors (Lipinski definition) is 3. The number of para-hydroxylation sites is 1. The van der Waals surface area contributed by atoms with Gasteiger partial charge in [-0.25, -0.2) is 0 Å². The number of carboxylic acid groups (broad SMARTS) is 1. The molecule has 3 N–H and O–H groups in total. The number of anilines is 1. The van der Waals surface area contributed by atoms with Crippen LogP contribution >= 0.6 is 0 Å². The fraction of sp³-hybridized carbons (Fsp3) is 0.167. The molecule has 1 aromatic heterocycles. The van der Waals surface area contributed by atoms with Crippen molar-refractivity contribution < 1.29 is 15.0 Å². The van der Waals surface area contributed by atoms with Crippen LogP contribution in [-0.2, 0) is 4.79 Å². The quantitative estimate of drug-likeness (QED) is 0.752. The third kappa shape index (κ3) is 2.28. The molecule has 1 aromatic carbocycles. The molecule has 5 heteroatoms. The molecule has 1 atom stereocenters. The van der Waals surface area contributed by atoms with Gasteiger partial charge in [0.15, 0.2) is 0 Å². The van der Waals surface area contributed by atoms with Crippen molar-refractivity contribution in [3.8, 4) is 5.75 Å². The SMILES string of the molecule is CC(Nc1cccc2cc(O)cnc12)C(=O)O. The van der Waals surface area contributed by atoms with Crippen molar-refractivity contribution >= 4 is 22.6 Å². The molecule has 2 aromatic rings. The Kier molecular flexibility index (Phi) is 2.82. The molecule has 0 bridgehead atoms. The Morgan fingerprint density at radius 2 is 2.24 bits per heavy atom. The van der Waals surface area contributed by atoms with E-state index in [2.05, 4.69) is 10.3 Å². The summed E-state index contributed by atoms with van der Waals surface area (Å²) in [7, 11) is 0. The van der Waals surface area contributed by atoms with Gasteiger partial charge in [0.25, 0.3) is 0 Å². The second-order valence-electron chi connectivity index (χ2n) is 3.78. The van der Waals surface area contributed by atoms with Crippen molar-refractivity contribution in [1.29, 1.82) is 0 Å². The van der Waals surface area contributed by atoms with E-state index in [0.717, 1.165) is 5.39 Å². The van der Waals surface area contributed by atoms with Crippen molar-refractivity contribution in [2.45, 2.75) is 13.0 Å². The van der Waals surface area contributed by atoms with Crippen LogP contribution in [0.1, 0.15) is 6.92 Å². The summed E-state index contributed by atoms with van der Waals surface area (Å²) in [6, 6.07) is 6.22. The standard InChI is InChI=1S/C12H12N2O3/c1-7(12(16)17)14-10-4-2-3-8-5-9(15)6-13-11(8)10/h2-7,14-15H,1H3,(H,16,17). The molecule has 0 aliphatic carbocycles. The summed E-state index contributed by atoms with van der Waals surface area (Å²) >= 11 is 0. The first-order chi connectivity index (χ1) is 8.08. The first-order valence-electron chi connectivity index (χ1n) is 5.15. The number of aromatic hydroxyl groups is 1. The highest BCUT2D eigenvalue weighted by atomic mass is 16.4. The third-order valence-corrected chi connectivity index (χ3v) is 2.44. The number of carbonyl (C=O) groups is 1. The fourth-order valence-electron chi connectivity index (χ4n) is 1.56. The number of fused-ring (bicyclic) bond motifs is 1. The average Bonchev–Trinajstić information content (AvgIpc) is 2.28. The van der Waals surface area contributed by atoms with Crippen LogP contribution < -0.4 is 5.32 Å². The number of pyridine rings is 1. The molecule has 0 radical (unpaired) electrons. The van der Waals surface area contributed by atoms with E-state index in [1.54, 1.807) is 31.2 Å². The van der Waals surface area contributed by atoms with E-state index in [1.807, 2.05) is 0 Å². The van der Waals surface area contributed by atoms with Gasteiger partial charge in [-0.15, -0.1) is 0 Å². The van der Waals surface area contributed by atoms with Crippen molar-refractivity contribution in [3.05, 3.63) is 30.5 Å². The topological polar surface area (TPSA) is 82.5 Å². The lowest BCUT2D eigenvalue weighted by Crippen LogP contribution is -2.25. The van der Waals surface area contributed by atoms with Gasteiger partial charge in [0.05, 0.1) is 17.4 Å². The van der Waals surface area contributed by atoms with Gasteiger partial charge < -0.3 is 15.5 Å². The number of carboxylic acids is 1. The zero-order valence-electron chi connectivity index (χ0n) is 9.21. The number of nitrogens with one attached hydrogen (secondary N) is 1. The monoisotopic (exact) mass is 232 g/mol. The number of aliphatic carboxylic acids is 1. The highest BCUT2D eigenvalue weighted by Crippen LogP contribution is 2.24. The van der Waals surface area contributed by atoms with Gasteiger partial charge >= 0.3 is 5.97 Å². The lowest BCUT2D eigenvalue weighted by Gasteiger charge is -2.12. The highest BCUT2D eigenvalue weighted by Gasteiger charge is 2.12. The molecule has 88 valence electrons. The maximum Gasteiger partial charge on any atom is 0.325 e. The summed E-state index contributed by atoms with van der Waals surface area (Å²) in [5.74, 6) is -0.846. The largest absolute Gasteiger partial charge is 0.506 e. The number of aromatic nitrogens is 1. The second kappa shape index (κ2) is 4.29. The number of hydrogen-bond acceptors (Lipinski definition) is 4. The molecule has 0 aliphatic heterocycles. The maximum atomic E-state index is 10.8. The molecule has 17 heavy (non-hydrogen) atoms. The van der Waals surface area contributed by atoms with Crippen LogP contribution in [0.3, 0.4) is 0 Å². The van der Waals surface area contributed by atoms with Gasteiger partial charge in [-0.3, -0.25) is 9.78 Å². The van der Waals surface area contributed by atoms with Gasteiger partial charge in [0, 0.05) is 5.39 Å². The molecular weight excluding hydrogens is 220 g/mol. The molecule has 0 aliphatic rings.